The molecule has 3 aliphatic rings. The summed E-state index contributed by atoms with van der Waals surface area (Å²) in [7, 11) is -0.724. The minimum atomic E-state index is -2.39. The Balaban J connectivity index is 1.10. The molecule has 1 aromatic heterocycles. The van der Waals surface area contributed by atoms with Crippen LogP contribution in [0.2, 0.25) is 23.7 Å². The molecule has 0 saturated carbocycles. The Hall–Kier alpha value is -4.85. The summed E-state index contributed by atoms with van der Waals surface area (Å²) in [5, 5.41) is 27.3. The van der Waals surface area contributed by atoms with Crippen LogP contribution in [-0.2, 0) is 33.0 Å². The molecule has 0 aliphatic carbocycles. The smallest absolute Gasteiger partial charge is 0.264 e. The molecule has 5 aromatic rings. The van der Waals surface area contributed by atoms with Gasteiger partial charge in [-0.05, 0) is 84.9 Å². The zero-order valence-corrected chi connectivity index (χ0v) is 35.2. The van der Waals surface area contributed by atoms with Gasteiger partial charge in [0.1, 0.15) is 5.75 Å². The first-order valence-electron chi connectivity index (χ1n) is 20.2. The summed E-state index contributed by atoms with van der Waals surface area (Å²) in [6.45, 7) is 8.50. The molecule has 0 radical (unpaired) electrons. The lowest BCUT2D eigenvalue weighted by Crippen LogP contribution is -2.51. The highest BCUT2D eigenvalue weighted by Crippen LogP contribution is 2.60. The number of hydrogen-bond donors (Lipinski definition) is 3. The van der Waals surface area contributed by atoms with E-state index in [0.717, 1.165) is 53.2 Å². The zero-order chi connectivity index (χ0) is 40.6. The van der Waals surface area contributed by atoms with Gasteiger partial charge in [0, 0.05) is 34.9 Å². The molecule has 2 fully saturated rings. The SMILES string of the molecule is COc1ccc([Si](C)(C)[C@H]2[C@H](CCn3cc(C(CO)c4ccccc4)nn3)O[C@@]3(C(=O)N(Cc4ccc(NC(=O)[C@H]5CCCN5)cc4)c4ccc(Cl)cc43)[C@@H]2C)cc1. The Morgan fingerprint density at radius 2 is 1.84 bits per heavy atom. The van der Waals surface area contributed by atoms with Gasteiger partial charge in [0.15, 0.2) is 5.60 Å². The first-order chi connectivity index (χ1) is 28.0. The van der Waals surface area contributed by atoms with Crippen LogP contribution in [0.4, 0.5) is 11.4 Å². The van der Waals surface area contributed by atoms with Crippen LogP contribution in [0.3, 0.4) is 0 Å². The Labute approximate surface area is 345 Å². The molecule has 4 heterocycles. The number of carbonyl (C=O) groups is 2. The minimum absolute atomic E-state index is 0.0198. The van der Waals surface area contributed by atoms with Gasteiger partial charge in [-0.2, -0.15) is 0 Å². The molecule has 2 saturated heterocycles. The first kappa shape index (κ1) is 39.9. The van der Waals surface area contributed by atoms with Crippen molar-refractivity contribution in [3.8, 4) is 5.75 Å². The van der Waals surface area contributed by atoms with Crippen LogP contribution in [-0.4, -0.2) is 72.4 Å². The van der Waals surface area contributed by atoms with Crippen molar-refractivity contribution in [3.63, 3.8) is 0 Å². The first-order valence-corrected chi connectivity index (χ1v) is 23.6. The van der Waals surface area contributed by atoms with E-state index in [4.69, 9.17) is 21.1 Å². The standard InChI is InChI=1S/C45H51ClN6O5Si/c1-29-42(58(3,4)35-19-17-34(56-2)18-20-35)41(22-24-51-27-39(49-50-51)36(28-53)31-9-6-5-7-10-31)57-45(29)37-25-32(46)14-21-40(37)52(44(45)55)26-30-12-15-33(16-13-30)48-43(54)38-11-8-23-47-38/h5-7,9-10,12-21,25,27,29,36,38,41-42,47,53H,8,11,22-24,26,28H2,1-4H3,(H,48,54)/t29-,36?,38-,41+,42-,45+/m1/s1. The number of aryl methyl sites for hydroxylation is 1. The number of anilines is 2. The Bertz CT molecular complexity index is 2250. The summed E-state index contributed by atoms with van der Waals surface area (Å²) >= 11 is 6.74. The van der Waals surface area contributed by atoms with Crippen LogP contribution in [0.15, 0.2) is 103 Å². The Kier molecular flexibility index (Phi) is 11.3. The van der Waals surface area contributed by atoms with Crippen LogP contribution >= 0.6 is 11.6 Å². The summed E-state index contributed by atoms with van der Waals surface area (Å²) in [6, 6.07) is 31.4. The number of hydrogen-bond acceptors (Lipinski definition) is 8. The van der Waals surface area contributed by atoms with Crippen molar-refractivity contribution in [2.24, 2.45) is 5.92 Å². The summed E-state index contributed by atoms with van der Waals surface area (Å²) in [5.41, 5.74) is 3.63. The molecule has 3 N–H and O–H groups in total. The normalized spacial score (nSPS) is 23.3. The van der Waals surface area contributed by atoms with E-state index in [9.17, 15) is 9.90 Å². The van der Waals surface area contributed by atoms with Gasteiger partial charge in [0.2, 0.25) is 5.91 Å². The van der Waals surface area contributed by atoms with E-state index < -0.39 is 13.7 Å². The van der Waals surface area contributed by atoms with Gasteiger partial charge < -0.3 is 30.1 Å². The number of nitrogens with zero attached hydrogens (tertiary/aromatic N) is 4. The minimum Gasteiger partial charge on any atom is -0.497 e. The number of methoxy groups -OCH3 is 1. The fourth-order valence-electron chi connectivity index (χ4n) is 9.62. The van der Waals surface area contributed by atoms with Gasteiger partial charge in [-0.3, -0.25) is 14.3 Å². The molecule has 13 heteroatoms. The lowest BCUT2D eigenvalue weighted by molar-refractivity contribution is -0.146. The number of halogens is 1. The van der Waals surface area contributed by atoms with Crippen LogP contribution < -0.4 is 25.5 Å². The number of aromatic nitrogens is 3. The maximum atomic E-state index is 15.3. The molecule has 6 atom stereocenters. The maximum Gasteiger partial charge on any atom is 0.264 e. The highest BCUT2D eigenvalue weighted by molar-refractivity contribution is 6.91. The molecule has 3 aliphatic heterocycles. The van der Waals surface area contributed by atoms with E-state index in [-0.39, 0.29) is 47.9 Å². The summed E-state index contributed by atoms with van der Waals surface area (Å²) in [6.07, 6.45) is 4.01. The third kappa shape index (κ3) is 7.37. The fraction of sp³-hybridized carbons (Fsp3) is 0.378. The number of aliphatic hydroxyl groups excluding tert-OH is 1. The molecular formula is C45H51ClN6O5Si. The molecule has 4 aromatic carbocycles. The van der Waals surface area contributed by atoms with Crippen molar-refractivity contribution in [1.82, 2.24) is 20.3 Å². The van der Waals surface area contributed by atoms with E-state index in [1.165, 1.54) is 5.19 Å². The average Bonchev–Trinajstić information content (AvgIpc) is 4.04. The molecule has 302 valence electrons. The van der Waals surface area contributed by atoms with Gasteiger partial charge in [-0.25, -0.2) is 0 Å². The molecule has 0 bridgehead atoms. The van der Waals surface area contributed by atoms with Crippen molar-refractivity contribution < 1.29 is 24.2 Å². The van der Waals surface area contributed by atoms with E-state index >= 15 is 4.79 Å². The second-order valence-corrected chi connectivity index (χ2v) is 21.5. The number of aliphatic hydroxyl groups is 1. The van der Waals surface area contributed by atoms with Crippen LogP contribution in [0.25, 0.3) is 0 Å². The van der Waals surface area contributed by atoms with Gasteiger partial charge in [0.25, 0.3) is 5.91 Å². The molecule has 1 unspecified atom stereocenters. The predicted octanol–water partition coefficient (Wildman–Crippen LogP) is 6.61. The predicted molar refractivity (Wildman–Crippen MR) is 228 cm³/mol. The second-order valence-electron chi connectivity index (χ2n) is 16.4. The number of rotatable bonds is 13. The molecule has 1 spiro atoms. The summed E-state index contributed by atoms with van der Waals surface area (Å²) in [5.74, 6) is 0.160. The Morgan fingerprint density at radius 1 is 1.09 bits per heavy atom. The van der Waals surface area contributed by atoms with Crippen LogP contribution in [0.1, 0.15) is 54.5 Å². The van der Waals surface area contributed by atoms with Crippen LogP contribution in [0.5, 0.6) is 5.75 Å². The number of ether oxygens (including phenoxy) is 2. The number of amides is 2. The van der Waals surface area contributed by atoms with E-state index in [2.05, 4.69) is 53.1 Å². The summed E-state index contributed by atoms with van der Waals surface area (Å²) < 4.78 is 14.7. The third-order valence-electron chi connectivity index (χ3n) is 12.7. The molecule has 58 heavy (non-hydrogen) atoms. The lowest BCUT2D eigenvalue weighted by atomic mass is 9.82. The van der Waals surface area contributed by atoms with E-state index in [0.29, 0.717) is 30.2 Å². The summed E-state index contributed by atoms with van der Waals surface area (Å²) in [4.78, 5) is 29.9. The quantitative estimate of drug-likeness (QED) is 0.113. The number of nitrogens with one attached hydrogen (secondary N) is 2. The van der Waals surface area contributed by atoms with Crippen molar-refractivity contribution >= 4 is 48.1 Å². The van der Waals surface area contributed by atoms with Gasteiger partial charge in [-0.15, -0.1) is 5.10 Å². The van der Waals surface area contributed by atoms with Crippen molar-refractivity contribution in [1.29, 1.82) is 0 Å². The third-order valence-corrected chi connectivity index (χ3v) is 17.3. The maximum absolute atomic E-state index is 15.3. The van der Waals surface area contributed by atoms with Gasteiger partial charge >= 0.3 is 0 Å². The van der Waals surface area contributed by atoms with E-state index in [1.807, 2.05) is 101 Å². The van der Waals surface area contributed by atoms with Crippen LogP contribution in [0, 0.1) is 5.92 Å². The number of carbonyl (C=O) groups excluding carboxylic acids is 2. The zero-order valence-electron chi connectivity index (χ0n) is 33.4. The molecular weight excluding hydrogens is 768 g/mol. The number of fused-ring (bicyclic) bond motifs is 2. The van der Waals surface area contributed by atoms with Crippen molar-refractivity contribution in [3.05, 3.63) is 131 Å². The second kappa shape index (κ2) is 16.4. The van der Waals surface area contributed by atoms with Crippen molar-refractivity contribution in [2.45, 2.75) is 81.6 Å². The fourth-order valence-corrected chi connectivity index (χ4v) is 13.9. The van der Waals surface area contributed by atoms with Crippen molar-refractivity contribution in [2.75, 3.05) is 30.5 Å². The highest BCUT2D eigenvalue weighted by atomic mass is 35.5. The average molecular weight is 819 g/mol. The molecule has 11 nitrogen and oxygen atoms in total. The molecule has 8 rings (SSSR count). The Morgan fingerprint density at radius 3 is 2.53 bits per heavy atom. The van der Waals surface area contributed by atoms with Gasteiger partial charge in [-0.1, -0.05) is 96.6 Å². The highest BCUT2D eigenvalue weighted by Gasteiger charge is 2.66. The monoisotopic (exact) mass is 818 g/mol. The molecule has 2 amide bonds. The van der Waals surface area contributed by atoms with Gasteiger partial charge in [0.05, 0.1) is 57.8 Å². The van der Waals surface area contributed by atoms with E-state index in [1.54, 1.807) is 7.11 Å². The lowest BCUT2D eigenvalue weighted by Gasteiger charge is -2.37. The topological polar surface area (TPSA) is 131 Å². The largest absolute Gasteiger partial charge is 0.497 e. The number of benzene rings is 4.